The zero-order chi connectivity index (χ0) is 27.9. The molecule has 6 amide bonds. The van der Waals surface area contributed by atoms with E-state index in [4.69, 9.17) is 0 Å². The number of hydrogen-bond donors (Lipinski definition) is 4. The summed E-state index contributed by atoms with van der Waals surface area (Å²) >= 11 is 0. The molecular formula is C28H24N6O5. The van der Waals surface area contributed by atoms with Gasteiger partial charge in [0.1, 0.15) is 0 Å². The fourth-order valence-electron chi connectivity index (χ4n) is 3.79. The van der Waals surface area contributed by atoms with Crippen molar-refractivity contribution in [1.29, 1.82) is 0 Å². The zero-order valence-corrected chi connectivity index (χ0v) is 21.0. The first-order valence-corrected chi connectivity index (χ1v) is 11.8. The van der Waals surface area contributed by atoms with Gasteiger partial charge in [-0.1, -0.05) is 60.7 Å². The van der Waals surface area contributed by atoms with Crippen LogP contribution in [0.5, 0.6) is 0 Å². The Morgan fingerprint density at radius 2 is 1.18 bits per heavy atom. The Kier molecular flexibility index (Phi) is 7.91. The third kappa shape index (κ3) is 5.72. The number of amides is 6. The second-order valence-corrected chi connectivity index (χ2v) is 8.16. The maximum Gasteiger partial charge on any atom is 0.321 e. The van der Waals surface area contributed by atoms with Gasteiger partial charge in [-0.2, -0.15) is 5.10 Å². The quantitative estimate of drug-likeness (QED) is 0.285. The number of rotatable bonds is 6. The number of imide groups is 2. The molecule has 0 aliphatic rings. The molecule has 0 aliphatic heterocycles. The number of hydrogen-bond acceptors (Lipinski definition) is 6. The maximum atomic E-state index is 13.8. The molecule has 0 aliphatic carbocycles. The lowest BCUT2D eigenvalue weighted by atomic mass is 9.97. The summed E-state index contributed by atoms with van der Waals surface area (Å²) in [5, 5.41) is 13.4. The van der Waals surface area contributed by atoms with Gasteiger partial charge in [0, 0.05) is 30.8 Å². The maximum absolute atomic E-state index is 13.8. The highest BCUT2D eigenvalue weighted by Crippen LogP contribution is 2.31. The van der Waals surface area contributed by atoms with E-state index in [1.165, 1.54) is 30.9 Å². The number of nitrogens with zero attached hydrogens (tertiary/aromatic N) is 2. The predicted octanol–water partition coefficient (Wildman–Crippen LogP) is 2.91. The van der Waals surface area contributed by atoms with Crippen molar-refractivity contribution in [3.8, 4) is 16.9 Å². The van der Waals surface area contributed by atoms with Gasteiger partial charge in [-0.05, 0) is 24.3 Å². The van der Waals surface area contributed by atoms with Crippen LogP contribution in [0.3, 0.4) is 0 Å². The van der Waals surface area contributed by atoms with Crippen molar-refractivity contribution in [2.45, 2.75) is 0 Å². The molecule has 4 rings (SSSR count). The van der Waals surface area contributed by atoms with Crippen LogP contribution < -0.4 is 21.3 Å². The summed E-state index contributed by atoms with van der Waals surface area (Å²) < 4.78 is 1.41. The van der Waals surface area contributed by atoms with Crippen molar-refractivity contribution in [2.24, 2.45) is 0 Å². The summed E-state index contributed by atoms with van der Waals surface area (Å²) in [6, 6.07) is 22.0. The van der Waals surface area contributed by atoms with Gasteiger partial charge in [0.25, 0.3) is 11.8 Å². The number of urea groups is 2. The molecule has 1 aromatic heterocycles. The Morgan fingerprint density at radius 3 is 1.74 bits per heavy atom. The fourth-order valence-corrected chi connectivity index (χ4v) is 3.79. The van der Waals surface area contributed by atoms with Crippen molar-refractivity contribution in [3.63, 3.8) is 0 Å². The lowest BCUT2D eigenvalue weighted by molar-refractivity contribution is 0.0945. The average molecular weight is 525 g/mol. The minimum atomic E-state index is -0.869. The zero-order valence-electron chi connectivity index (χ0n) is 21.0. The van der Waals surface area contributed by atoms with Gasteiger partial charge >= 0.3 is 12.1 Å². The third-order valence-corrected chi connectivity index (χ3v) is 5.69. The topological polar surface area (TPSA) is 151 Å². The summed E-state index contributed by atoms with van der Waals surface area (Å²) in [6.45, 7) is 0. The van der Waals surface area contributed by atoms with Crippen LogP contribution in [0.1, 0.15) is 36.8 Å². The number of benzene rings is 3. The Bertz CT molecular complexity index is 1550. The van der Waals surface area contributed by atoms with Crippen LogP contribution in [-0.4, -0.2) is 53.5 Å². The molecule has 0 spiro atoms. The third-order valence-electron chi connectivity index (χ3n) is 5.69. The smallest absolute Gasteiger partial charge is 0.321 e. The minimum Gasteiger partial charge on any atom is -0.341 e. The van der Waals surface area contributed by atoms with Gasteiger partial charge < -0.3 is 10.6 Å². The first kappa shape index (κ1) is 26.5. The molecule has 0 unspecified atom stereocenters. The second-order valence-electron chi connectivity index (χ2n) is 8.16. The van der Waals surface area contributed by atoms with E-state index in [0.29, 0.717) is 22.5 Å². The first-order valence-electron chi connectivity index (χ1n) is 11.8. The Labute approximate surface area is 223 Å². The highest BCUT2D eigenvalue weighted by atomic mass is 16.2. The lowest BCUT2D eigenvalue weighted by Gasteiger charge is -2.11. The van der Waals surface area contributed by atoms with Crippen molar-refractivity contribution < 1.29 is 24.0 Å². The van der Waals surface area contributed by atoms with Crippen LogP contribution in [0.2, 0.25) is 0 Å². The van der Waals surface area contributed by atoms with E-state index in [0.717, 1.165) is 0 Å². The highest BCUT2D eigenvalue weighted by Gasteiger charge is 2.30. The largest absolute Gasteiger partial charge is 0.341 e. The Hall–Kier alpha value is -5.58. The number of carbonyl (C=O) groups excluding carboxylic acids is 5. The van der Waals surface area contributed by atoms with Crippen LogP contribution in [0.15, 0.2) is 84.9 Å². The van der Waals surface area contributed by atoms with Crippen LogP contribution in [-0.2, 0) is 0 Å². The predicted molar refractivity (Wildman–Crippen MR) is 143 cm³/mol. The van der Waals surface area contributed by atoms with E-state index < -0.39 is 29.7 Å². The van der Waals surface area contributed by atoms with Crippen LogP contribution in [0, 0.1) is 0 Å². The van der Waals surface area contributed by atoms with E-state index in [9.17, 15) is 24.0 Å². The normalized spacial score (nSPS) is 10.3. The van der Waals surface area contributed by atoms with E-state index in [2.05, 4.69) is 26.4 Å². The first-order chi connectivity index (χ1) is 18.8. The Morgan fingerprint density at radius 1 is 0.641 bits per heavy atom. The van der Waals surface area contributed by atoms with E-state index in [-0.39, 0.29) is 16.8 Å². The SMILES string of the molecule is CNC(=O)NC(=O)c1ccc(-n2nc(C(=O)NC(=O)NC)c(C(=O)c3ccccc3)c2-c2ccccc2)cc1. The number of aromatic nitrogens is 2. The monoisotopic (exact) mass is 524 g/mol. The van der Waals surface area contributed by atoms with Crippen molar-refractivity contribution in [2.75, 3.05) is 14.1 Å². The molecule has 11 heteroatoms. The molecule has 3 aromatic carbocycles. The van der Waals surface area contributed by atoms with Crippen molar-refractivity contribution in [3.05, 3.63) is 107 Å². The van der Waals surface area contributed by atoms with Gasteiger partial charge in [-0.25, -0.2) is 14.3 Å². The Balaban J connectivity index is 1.91. The fraction of sp³-hybridized carbons (Fsp3) is 0.0714. The van der Waals surface area contributed by atoms with Crippen molar-refractivity contribution >= 4 is 29.7 Å². The van der Waals surface area contributed by atoms with Gasteiger partial charge in [-0.15, -0.1) is 0 Å². The van der Waals surface area contributed by atoms with Crippen molar-refractivity contribution in [1.82, 2.24) is 31.0 Å². The average Bonchev–Trinajstić information content (AvgIpc) is 3.38. The molecule has 11 nitrogen and oxygen atoms in total. The molecule has 196 valence electrons. The summed E-state index contributed by atoms with van der Waals surface area (Å²) in [6.07, 6.45) is 0. The molecule has 0 fully saturated rings. The minimum absolute atomic E-state index is 0.00441. The molecular weight excluding hydrogens is 500 g/mol. The van der Waals surface area contributed by atoms with Gasteiger partial charge in [0.15, 0.2) is 11.5 Å². The standard InChI is InChI=1S/C28H24N6O5/c1-29-27(38)31-25(36)19-13-15-20(16-14-19)34-23(17-9-5-3-6-10-17)21(24(35)18-11-7-4-8-12-18)22(33-34)26(37)32-28(39)30-2/h3-16H,1-2H3,(H2,29,31,36,38)(H2,30,32,37,39). The van der Waals surface area contributed by atoms with Gasteiger partial charge in [0.05, 0.1) is 16.9 Å². The number of nitrogens with one attached hydrogen (secondary N) is 4. The van der Waals surface area contributed by atoms with Crippen LogP contribution in [0.25, 0.3) is 16.9 Å². The molecule has 0 saturated carbocycles. The lowest BCUT2D eigenvalue weighted by Crippen LogP contribution is -2.38. The molecule has 39 heavy (non-hydrogen) atoms. The van der Waals surface area contributed by atoms with Crippen LogP contribution >= 0.6 is 0 Å². The summed E-state index contributed by atoms with van der Waals surface area (Å²) in [7, 11) is 2.75. The molecule has 4 N–H and O–H groups in total. The van der Waals surface area contributed by atoms with Crippen LogP contribution in [0.4, 0.5) is 9.59 Å². The van der Waals surface area contributed by atoms with E-state index in [1.807, 2.05) is 6.07 Å². The highest BCUT2D eigenvalue weighted by molar-refractivity contribution is 6.19. The number of ketones is 1. The second kappa shape index (κ2) is 11.6. The van der Waals surface area contributed by atoms with E-state index >= 15 is 0 Å². The summed E-state index contributed by atoms with van der Waals surface area (Å²) in [5.41, 5.74) is 1.59. The van der Waals surface area contributed by atoms with Gasteiger partial charge in [0.2, 0.25) is 0 Å². The molecule has 0 saturated heterocycles. The molecule has 4 aromatic rings. The molecule has 0 radical (unpaired) electrons. The molecule has 1 heterocycles. The molecule has 0 atom stereocenters. The van der Waals surface area contributed by atoms with E-state index in [1.54, 1.807) is 66.7 Å². The van der Waals surface area contributed by atoms with Gasteiger partial charge in [-0.3, -0.25) is 25.0 Å². The number of carbonyl (C=O) groups is 5. The summed E-state index contributed by atoms with van der Waals surface area (Å²) in [4.78, 5) is 62.8. The molecule has 0 bridgehead atoms. The summed E-state index contributed by atoms with van der Waals surface area (Å²) in [5.74, 6) is -1.95.